The Morgan fingerprint density at radius 1 is 1.47 bits per heavy atom. The zero-order valence-electron chi connectivity index (χ0n) is 9.59. The topological polar surface area (TPSA) is 24.9 Å². The molecule has 1 aromatic heterocycles. The monoisotopic (exact) mass is 242 g/mol. The fraction of sp³-hybridized carbons (Fsp3) is 0.727. The first-order chi connectivity index (χ1) is 7.09. The second-order valence-corrected chi connectivity index (χ2v) is 7.30. The lowest BCUT2D eigenvalue weighted by molar-refractivity contribution is 0.634. The van der Waals surface area contributed by atoms with Crippen molar-refractivity contribution < 1.29 is 0 Å². The van der Waals surface area contributed by atoms with Gasteiger partial charge in [0.05, 0.1) is 5.69 Å². The van der Waals surface area contributed by atoms with E-state index in [2.05, 4.69) is 42.8 Å². The maximum Gasteiger partial charge on any atom is 0.183 e. The molecule has 1 aliphatic rings. The Labute approximate surface area is 99.9 Å². The van der Waals surface area contributed by atoms with Crippen LogP contribution in [0.4, 0.5) is 5.13 Å². The van der Waals surface area contributed by atoms with Gasteiger partial charge in [-0.3, -0.25) is 0 Å². The third kappa shape index (κ3) is 2.67. The van der Waals surface area contributed by atoms with Gasteiger partial charge in [-0.05, 0) is 39.4 Å². The van der Waals surface area contributed by atoms with Crippen LogP contribution in [0.15, 0.2) is 0 Å². The van der Waals surface area contributed by atoms with Crippen LogP contribution in [0.1, 0.15) is 30.3 Å². The van der Waals surface area contributed by atoms with Crippen molar-refractivity contribution >= 4 is 28.2 Å². The minimum atomic E-state index is 0.424. The molecule has 1 unspecified atom stereocenters. The molecule has 0 radical (unpaired) electrons. The molecule has 2 rings (SSSR count). The third-order valence-corrected chi connectivity index (χ3v) is 5.51. The maximum atomic E-state index is 4.50. The van der Waals surface area contributed by atoms with Crippen molar-refractivity contribution in [3.8, 4) is 0 Å². The summed E-state index contributed by atoms with van der Waals surface area (Å²) >= 11 is 3.85. The van der Waals surface area contributed by atoms with Crippen molar-refractivity contribution in [2.24, 2.45) is 0 Å². The number of hydrogen-bond donors (Lipinski definition) is 1. The number of thiazole rings is 1. The molecule has 1 fully saturated rings. The van der Waals surface area contributed by atoms with Crippen LogP contribution in [0.2, 0.25) is 0 Å². The molecule has 4 heteroatoms. The number of nitrogens with zero attached hydrogens (tertiary/aromatic N) is 1. The van der Waals surface area contributed by atoms with Gasteiger partial charge in [0.25, 0.3) is 0 Å². The number of aryl methyl sites for hydroxylation is 2. The third-order valence-electron chi connectivity index (χ3n) is 2.94. The fourth-order valence-electron chi connectivity index (χ4n) is 1.79. The molecule has 1 aromatic rings. The molecule has 84 valence electrons. The van der Waals surface area contributed by atoms with Crippen molar-refractivity contribution in [1.29, 1.82) is 0 Å². The van der Waals surface area contributed by atoms with Crippen LogP contribution < -0.4 is 5.32 Å². The van der Waals surface area contributed by atoms with E-state index in [-0.39, 0.29) is 0 Å². The predicted molar refractivity (Wildman–Crippen MR) is 70.2 cm³/mol. The normalized spacial score (nSPS) is 25.8. The summed E-state index contributed by atoms with van der Waals surface area (Å²) in [4.78, 5) is 5.82. The Bertz CT molecular complexity index is 321. The quantitative estimate of drug-likeness (QED) is 0.878. The van der Waals surface area contributed by atoms with E-state index in [0.717, 1.165) is 17.4 Å². The predicted octanol–water partition coefficient (Wildman–Crippen LogP) is 3.46. The summed E-state index contributed by atoms with van der Waals surface area (Å²) < 4.78 is 0.424. The van der Waals surface area contributed by atoms with E-state index in [4.69, 9.17) is 0 Å². The molecule has 2 heterocycles. The standard InChI is InChI=1S/C11H18N2S2/c1-8-9(2)15-10(13-8)12-7-11(3)5-4-6-14-11/h4-7H2,1-3H3,(H,12,13). The second-order valence-electron chi connectivity index (χ2n) is 4.42. The minimum absolute atomic E-state index is 0.424. The van der Waals surface area contributed by atoms with Gasteiger partial charge >= 0.3 is 0 Å². The summed E-state index contributed by atoms with van der Waals surface area (Å²) in [5, 5.41) is 4.56. The minimum Gasteiger partial charge on any atom is -0.360 e. The van der Waals surface area contributed by atoms with Crippen LogP contribution in [0.5, 0.6) is 0 Å². The van der Waals surface area contributed by atoms with Gasteiger partial charge in [-0.2, -0.15) is 11.8 Å². The summed E-state index contributed by atoms with van der Waals surface area (Å²) in [6.45, 7) is 7.60. The van der Waals surface area contributed by atoms with Crippen molar-refractivity contribution in [2.75, 3.05) is 17.6 Å². The number of hydrogen-bond acceptors (Lipinski definition) is 4. The highest BCUT2D eigenvalue weighted by Crippen LogP contribution is 2.38. The van der Waals surface area contributed by atoms with Gasteiger partial charge in [-0.15, -0.1) is 11.3 Å². The van der Waals surface area contributed by atoms with Crippen LogP contribution in [0.3, 0.4) is 0 Å². The number of thioether (sulfide) groups is 1. The molecule has 1 aliphatic heterocycles. The Morgan fingerprint density at radius 3 is 2.80 bits per heavy atom. The number of rotatable bonds is 3. The highest BCUT2D eigenvalue weighted by molar-refractivity contribution is 8.00. The fourth-order valence-corrected chi connectivity index (χ4v) is 3.84. The zero-order valence-corrected chi connectivity index (χ0v) is 11.2. The van der Waals surface area contributed by atoms with Crippen LogP contribution in [-0.2, 0) is 0 Å². The molecule has 0 saturated carbocycles. The van der Waals surface area contributed by atoms with Gasteiger partial charge < -0.3 is 5.32 Å². The smallest absolute Gasteiger partial charge is 0.183 e. The van der Waals surface area contributed by atoms with Gasteiger partial charge in [0, 0.05) is 16.2 Å². The average molecular weight is 242 g/mol. The second kappa shape index (κ2) is 4.34. The Morgan fingerprint density at radius 2 is 2.27 bits per heavy atom. The van der Waals surface area contributed by atoms with E-state index in [1.54, 1.807) is 11.3 Å². The van der Waals surface area contributed by atoms with Crippen LogP contribution in [0, 0.1) is 13.8 Å². The molecule has 0 spiro atoms. The molecule has 0 bridgehead atoms. The van der Waals surface area contributed by atoms with Gasteiger partial charge in [0.1, 0.15) is 0 Å². The van der Waals surface area contributed by atoms with E-state index < -0.39 is 0 Å². The Hall–Kier alpha value is -0.220. The highest BCUT2D eigenvalue weighted by atomic mass is 32.2. The first-order valence-corrected chi connectivity index (χ1v) is 7.21. The lowest BCUT2D eigenvalue weighted by atomic mass is 10.1. The molecule has 0 aliphatic carbocycles. The van der Waals surface area contributed by atoms with Crippen molar-refractivity contribution in [3.05, 3.63) is 10.6 Å². The van der Waals surface area contributed by atoms with E-state index in [0.29, 0.717) is 4.75 Å². The number of aromatic nitrogens is 1. The highest BCUT2D eigenvalue weighted by Gasteiger charge is 2.29. The summed E-state index contributed by atoms with van der Waals surface area (Å²) in [5.41, 5.74) is 1.16. The van der Waals surface area contributed by atoms with E-state index in [1.165, 1.54) is 23.5 Å². The van der Waals surface area contributed by atoms with Gasteiger partial charge in [-0.1, -0.05) is 0 Å². The molecule has 0 aromatic carbocycles. The maximum absolute atomic E-state index is 4.50. The van der Waals surface area contributed by atoms with Crippen molar-refractivity contribution in [3.63, 3.8) is 0 Å². The molecular weight excluding hydrogens is 224 g/mol. The summed E-state index contributed by atoms with van der Waals surface area (Å²) in [7, 11) is 0. The molecule has 15 heavy (non-hydrogen) atoms. The van der Waals surface area contributed by atoms with Crippen LogP contribution in [0.25, 0.3) is 0 Å². The van der Waals surface area contributed by atoms with Gasteiger partial charge in [0.15, 0.2) is 5.13 Å². The van der Waals surface area contributed by atoms with Crippen LogP contribution >= 0.6 is 23.1 Å². The first-order valence-electron chi connectivity index (χ1n) is 5.41. The summed E-state index contributed by atoms with van der Waals surface area (Å²) in [6, 6.07) is 0. The largest absolute Gasteiger partial charge is 0.360 e. The molecular formula is C11H18N2S2. The molecule has 1 saturated heterocycles. The lowest BCUT2D eigenvalue weighted by Gasteiger charge is -2.22. The summed E-state index contributed by atoms with van der Waals surface area (Å²) in [6.07, 6.45) is 2.69. The lowest BCUT2D eigenvalue weighted by Crippen LogP contribution is -2.26. The van der Waals surface area contributed by atoms with Gasteiger partial charge in [0.2, 0.25) is 0 Å². The van der Waals surface area contributed by atoms with Crippen molar-refractivity contribution in [2.45, 2.75) is 38.4 Å². The van der Waals surface area contributed by atoms with E-state index in [1.807, 2.05) is 0 Å². The first kappa shape index (κ1) is 11.3. The molecule has 1 N–H and O–H groups in total. The number of nitrogens with one attached hydrogen (secondary N) is 1. The molecule has 2 nitrogen and oxygen atoms in total. The Kier molecular flexibility index (Phi) is 3.26. The average Bonchev–Trinajstić information content (AvgIpc) is 2.73. The molecule has 1 atom stereocenters. The van der Waals surface area contributed by atoms with Crippen molar-refractivity contribution in [1.82, 2.24) is 4.98 Å². The van der Waals surface area contributed by atoms with E-state index in [9.17, 15) is 0 Å². The summed E-state index contributed by atoms with van der Waals surface area (Å²) in [5.74, 6) is 1.31. The SMILES string of the molecule is Cc1nc(NCC2(C)CCCS2)sc1C. The van der Waals surface area contributed by atoms with E-state index >= 15 is 0 Å². The van der Waals surface area contributed by atoms with Gasteiger partial charge in [-0.25, -0.2) is 4.98 Å². The Balaban J connectivity index is 1.92. The zero-order chi connectivity index (χ0) is 10.9. The van der Waals surface area contributed by atoms with Crippen LogP contribution in [-0.4, -0.2) is 22.0 Å². The number of anilines is 1. The molecule has 0 amide bonds.